The lowest BCUT2D eigenvalue weighted by Gasteiger charge is -2.39. The van der Waals surface area contributed by atoms with Crippen LogP contribution in [-0.2, 0) is 4.79 Å². The molecule has 2 aliphatic rings. The van der Waals surface area contributed by atoms with Gasteiger partial charge in [-0.25, -0.2) is 5.43 Å². The molecule has 0 aromatic carbocycles. The zero-order valence-corrected chi connectivity index (χ0v) is 11.4. The Hall–Kier alpha value is -1.37. The first-order chi connectivity index (χ1) is 8.34. The molecule has 1 N–H and O–H groups in total. The van der Waals surface area contributed by atoms with Crippen molar-refractivity contribution >= 4 is 11.6 Å². The largest absolute Gasteiger partial charge is 0.273 e. The number of hydrazone groups is 1. The van der Waals surface area contributed by atoms with Gasteiger partial charge in [-0.1, -0.05) is 13.8 Å². The maximum absolute atomic E-state index is 11.6. The third kappa shape index (κ3) is 3.10. The lowest BCUT2D eigenvalue weighted by Crippen LogP contribution is -2.36. The molecule has 1 atom stereocenters. The van der Waals surface area contributed by atoms with Gasteiger partial charge < -0.3 is 0 Å². The van der Waals surface area contributed by atoms with Crippen molar-refractivity contribution in [2.24, 2.45) is 21.8 Å². The van der Waals surface area contributed by atoms with Crippen molar-refractivity contribution in [3.8, 4) is 6.07 Å². The van der Waals surface area contributed by atoms with Gasteiger partial charge in [0.1, 0.15) is 0 Å². The fraction of sp³-hybridized carbons (Fsp3) is 0.786. The van der Waals surface area contributed by atoms with Crippen molar-refractivity contribution in [2.45, 2.75) is 52.9 Å². The second-order valence-corrected chi connectivity index (χ2v) is 6.80. The molecule has 0 radical (unpaired) electrons. The Kier molecular flexibility index (Phi) is 3.18. The summed E-state index contributed by atoms with van der Waals surface area (Å²) in [5.74, 6) is 0.206. The minimum Gasteiger partial charge on any atom is -0.273 e. The van der Waals surface area contributed by atoms with E-state index in [1.807, 2.05) is 6.92 Å². The van der Waals surface area contributed by atoms with Crippen molar-refractivity contribution in [1.29, 1.82) is 5.26 Å². The maximum atomic E-state index is 11.6. The molecule has 0 saturated heterocycles. The van der Waals surface area contributed by atoms with Crippen molar-refractivity contribution < 1.29 is 4.79 Å². The predicted molar refractivity (Wildman–Crippen MR) is 69.7 cm³/mol. The van der Waals surface area contributed by atoms with E-state index in [0.29, 0.717) is 6.42 Å². The van der Waals surface area contributed by atoms with Gasteiger partial charge in [-0.15, -0.1) is 0 Å². The number of carbonyl (C=O) groups excluding carboxylic acids is 1. The molecule has 2 fully saturated rings. The molecule has 0 spiro atoms. The number of rotatable bonds is 2. The van der Waals surface area contributed by atoms with Crippen molar-refractivity contribution in [3.05, 3.63) is 0 Å². The SMILES string of the molecule is CC1(C)C/C(=N/NC(=O)C2CC2)CC(C)(C#N)C1. The molecule has 18 heavy (non-hydrogen) atoms. The molecule has 2 rings (SSSR count). The van der Waals surface area contributed by atoms with Gasteiger partial charge >= 0.3 is 0 Å². The lowest BCUT2D eigenvalue weighted by atomic mass is 9.64. The van der Waals surface area contributed by atoms with E-state index < -0.39 is 0 Å². The van der Waals surface area contributed by atoms with Crippen LogP contribution in [0.2, 0.25) is 0 Å². The molecule has 0 aromatic heterocycles. The van der Waals surface area contributed by atoms with Gasteiger partial charge in [0.2, 0.25) is 5.91 Å². The van der Waals surface area contributed by atoms with E-state index in [2.05, 4.69) is 30.4 Å². The monoisotopic (exact) mass is 247 g/mol. The van der Waals surface area contributed by atoms with Gasteiger partial charge in [-0.05, 0) is 38.0 Å². The highest BCUT2D eigenvalue weighted by Gasteiger charge is 2.40. The summed E-state index contributed by atoms with van der Waals surface area (Å²) in [4.78, 5) is 11.6. The molecule has 98 valence electrons. The Morgan fingerprint density at radius 1 is 1.39 bits per heavy atom. The van der Waals surface area contributed by atoms with E-state index in [4.69, 9.17) is 0 Å². The number of amides is 1. The second kappa shape index (κ2) is 4.38. The van der Waals surface area contributed by atoms with Crippen molar-refractivity contribution in [1.82, 2.24) is 5.43 Å². The molecule has 1 unspecified atom stereocenters. The molecule has 0 aliphatic heterocycles. The highest BCUT2D eigenvalue weighted by atomic mass is 16.2. The molecule has 0 bridgehead atoms. The van der Waals surface area contributed by atoms with Crippen LogP contribution in [0.25, 0.3) is 0 Å². The average Bonchev–Trinajstić information content (AvgIpc) is 3.07. The van der Waals surface area contributed by atoms with E-state index in [1.54, 1.807) is 0 Å². The summed E-state index contributed by atoms with van der Waals surface area (Å²) in [5.41, 5.74) is 3.32. The van der Waals surface area contributed by atoms with Crippen LogP contribution in [0.5, 0.6) is 0 Å². The first kappa shape index (κ1) is 13.1. The van der Waals surface area contributed by atoms with Crippen LogP contribution in [0.4, 0.5) is 0 Å². The van der Waals surface area contributed by atoms with E-state index in [0.717, 1.165) is 31.4 Å². The van der Waals surface area contributed by atoms with Gasteiger partial charge in [0, 0.05) is 18.1 Å². The first-order valence-corrected chi connectivity index (χ1v) is 6.60. The molecule has 1 amide bonds. The highest BCUT2D eigenvalue weighted by molar-refractivity contribution is 5.89. The minimum absolute atomic E-state index is 0.0320. The van der Waals surface area contributed by atoms with Gasteiger partial charge in [0.25, 0.3) is 0 Å². The lowest BCUT2D eigenvalue weighted by molar-refractivity contribution is -0.122. The first-order valence-electron chi connectivity index (χ1n) is 6.60. The number of nitrogens with one attached hydrogen (secondary N) is 1. The number of hydrogen-bond donors (Lipinski definition) is 1. The van der Waals surface area contributed by atoms with Crippen LogP contribution in [0.1, 0.15) is 52.9 Å². The number of nitrogens with zero attached hydrogens (tertiary/aromatic N) is 2. The Labute approximate surface area is 108 Å². The van der Waals surface area contributed by atoms with Gasteiger partial charge in [0.15, 0.2) is 0 Å². The molecule has 2 saturated carbocycles. The fourth-order valence-corrected chi connectivity index (χ4v) is 2.98. The van der Waals surface area contributed by atoms with E-state index in [-0.39, 0.29) is 22.7 Å². The molecular formula is C14H21N3O. The minimum atomic E-state index is -0.356. The van der Waals surface area contributed by atoms with Gasteiger partial charge in [-0.3, -0.25) is 4.79 Å². The zero-order valence-electron chi connectivity index (χ0n) is 11.4. The van der Waals surface area contributed by atoms with E-state index in [1.165, 1.54) is 0 Å². The smallest absolute Gasteiger partial charge is 0.243 e. The van der Waals surface area contributed by atoms with Crippen LogP contribution >= 0.6 is 0 Å². The second-order valence-electron chi connectivity index (χ2n) is 6.80. The van der Waals surface area contributed by atoms with Crippen LogP contribution in [-0.4, -0.2) is 11.6 Å². The molecule has 4 heteroatoms. The third-order valence-corrected chi connectivity index (χ3v) is 3.69. The third-order valence-electron chi connectivity index (χ3n) is 3.69. The van der Waals surface area contributed by atoms with Crippen LogP contribution in [0.15, 0.2) is 5.10 Å². The van der Waals surface area contributed by atoms with E-state index in [9.17, 15) is 10.1 Å². The van der Waals surface area contributed by atoms with Crippen LogP contribution < -0.4 is 5.43 Å². The summed E-state index contributed by atoms with van der Waals surface area (Å²) in [7, 11) is 0. The average molecular weight is 247 g/mol. The molecule has 2 aliphatic carbocycles. The molecule has 0 aromatic rings. The topological polar surface area (TPSA) is 65.2 Å². The summed E-state index contributed by atoms with van der Waals surface area (Å²) in [5, 5.41) is 13.5. The number of nitriles is 1. The Balaban J connectivity index is 2.05. The zero-order chi connectivity index (χ0) is 13.4. The number of hydrogen-bond acceptors (Lipinski definition) is 3. The van der Waals surface area contributed by atoms with Crippen LogP contribution in [0.3, 0.4) is 0 Å². The molecule has 4 nitrogen and oxygen atoms in total. The van der Waals surface area contributed by atoms with Crippen molar-refractivity contribution in [2.75, 3.05) is 0 Å². The van der Waals surface area contributed by atoms with Crippen LogP contribution in [0, 0.1) is 28.1 Å². The van der Waals surface area contributed by atoms with Gasteiger partial charge in [-0.2, -0.15) is 10.4 Å². The Morgan fingerprint density at radius 2 is 2.06 bits per heavy atom. The van der Waals surface area contributed by atoms with Gasteiger partial charge in [0.05, 0.1) is 11.5 Å². The highest BCUT2D eigenvalue weighted by Crippen LogP contribution is 2.44. The molecule has 0 heterocycles. The summed E-state index contributed by atoms with van der Waals surface area (Å²) in [6, 6.07) is 2.40. The Morgan fingerprint density at radius 3 is 2.61 bits per heavy atom. The summed E-state index contributed by atoms with van der Waals surface area (Å²) in [6.07, 6.45) is 4.37. The fourth-order valence-electron chi connectivity index (χ4n) is 2.98. The Bertz CT molecular complexity index is 429. The predicted octanol–water partition coefficient (Wildman–Crippen LogP) is 2.61. The summed E-state index contributed by atoms with van der Waals surface area (Å²) < 4.78 is 0. The summed E-state index contributed by atoms with van der Waals surface area (Å²) in [6.45, 7) is 6.28. The number of carbonyl (C=O) groups is 1. The quantitative estimate of drug-likeness (QED) is 0.762. The van der Waals surface area contributed by atoms with E-state index >= 15 is 0 Å². The maximum Gasteiger partial charge on any atom is 0.243 e. The summed E-state index contributed by atoms with van der Waals surface area (Å²) >= 11 is 0. The van der Waals surface area contributed by atoms with Crippen molar-refractivity contribution in [3.63, 3.8) is 0 Å². The normalized spacial score (nSPS) is 32.9. The molecular weight excluding hydrogens is 226 g/mol. The standard InChI is InChI=1S/C14H21N3O/c1-13(2)6-11(7-14(3,8-13)9-15)16-17-12(18)10-4-5-10/h10H,4-8H2,1-3H3,(H,17,18)/b16-11-.